The van der Waals surface area contributed by atoms with Crippen LogP contribution in [-0.4, -0.2) is 28.5 Å². The summed E-state index contributed by atoms with van der Waals surface area (Å²) in [7, 11) is 0. The van der Waals surface area contributed by atoms with Gasteiger partial charge in [0.2, 0.25) is 0 Å². The lowest BCUT2D eigenvalue weighted by Crippen LogP contribution is -2.08. The van der Waals surface area contributed by atoms with Gasteiger partial charge in [-0.3, -0.25) is 4.79 Å². The Labute approximate surface area is 147 Å². The van der Waals surface area contributed by atoms with Gasteiger partial charge in [-0.15, -0.1) is 10.2 Å². The number of esters is 1. The summed E-state index contributed by atoms with van der Waals surface area (Å²) in [5, 5.41) is 18.3. The molecule has 25 heavy (non-hydrogen) atoms. The third-order valence-corrected chi connectivity index (χ3v) is 4.15. The van der Waals surface area contributed by atoms with Gasteiger partial charge in [-0.1, -0.05) is 11.8 Å². The second kappa shape index (κ2) is 7.68. The Morgan fingerprint density at radius 3 is 2.56 bits per heavy atom. The predicted molar refractivity (Wildman–Crippen MR) is 89.5 cm³/mol. The number of nitriles is 1. The lowest BCUT2D eigenvalue weighted by atomic mass is 10.0. The maximum atomic E-state index is 11.6. The number of thioether (sulfide) groups is 1. The predicted octanol–water partition coefficient (Wildman–Crippen LogP) is 3.52. The van der Waals surface area contributed by atoms with Crippen LogP contribution < -0.4 is 0 Å². The first-order valence-electron chi connectivity index (χ1n) is 7.41. The van der Waals surface area contributed by atoms with Crippen LogP contribution in [0.1, 0.15) is 12.5 Å². The molecule has 0 atom stereocenters. The number of ether oxygens (including phenoxy) is 1. The summed E-state index contributed by atoms with van der Waals surface area (Å²) in [6.07, 6.45) is 3.02. The molecule has 126 valence electrons. The van der Waals surface area contributed by atoms with Crippen molar-refractivity contribution < 1.29 is 18.4 Å². The highest BCUT2D eigenvalue weighted by Crippen LogP contribution is 2.36. The molecule has 3 heterocycles. The van der Waals surface area contributed by atoms with E-state index in [9.17, 15) is 10.1 Å². The summed E-state index contributed by atoms with van der Waals surface area (Å²) in [4.78, 5) is 11.6. The highest BCUT2D eigenvalue weighted by molar-refractivity contribution is 7.99. The quantitative estimate of drug-likeness (QED) is 0.489. The minimum absolute atomic E-state index is 0.0366. The zero-order valence-corrected chi connectivity index (χ0v) is 14.1. The average Bonchev–Trinajstić information content (AvgIpc) is 3.32. The molecule has 0 N–H and O–H groups in total. The Morgan fingerprint density at radius 1 is 1.24 bits per heavy atom. The van der Waals surface area contributed by atoms with Gasteiger partial charge >= 0.3 is 5.97 Å². The highest BCUT2D eigenvalue weighted by Gasteiger charge is 2.23. The number of hydrogen-bond donors (Lipinski definition) is 0. The van der Waals surface area contributed by atoms with E-state index < -0.39 is 0 Å². The second-order valence-corrected chi connectivity index (χ2v) is 5.73. The third kappa shape index (κ3) is 3.56. The van der Waals surface area contributed by atoms with Crippen LogP contribution in [0.5, 0.6) is 0 Å². The lowest BCUT2D eigenvalue weighted by molar-refractivity contribution is -0.139. The van der Waals surface area contributed by atoms with E-state index in [0.29, 0.717) is 34.4 Å². The van der Waals surface area contributed by atoms with Crippen LogP contribution in [0.2, 0.25) is 0 Å². The van der Waals surface area contributed by atoms with Crippen LogP contribution in [0.15, 0.2) is 50.7 Å². The largest absolute Gasteiger partial charge is 0.465 e. The Morgan fingerprint density at radius 2 is 1.96 bits per heavy atom. The van der Waals surface area contributed by atoms with Gasteiger partial charge in [-0.05, 0) is 31.2 Å². The fraction of sp³-hybridized carbons (Fsp3) is 0.176. The Hall–Kier alpha value is -3.05. The number of rotatable bonds is 6. The SMILES string of the molecule is CCOC(=O)CSc1nnc(-c2ccco2)c(-c2ccco2)c1C#N. The van der Waals surface area contributed by atoms with Gasteiger partial charge in [0.25, 0.3) is 0 Å². The van der Waals surface area contributed by atoms with E-state index in [1.54, 1.807) is 31.2 Å². The lowest BCUT2D eigenvalue weighted by Gasteiger charge is -2.09. The summed E-state index contributed by atoms with van der Waals surface area (Å²) in [6.45, 7) is 2.03. The zero-order valence-electron chi connectivity index (χ0n) is 13.3. The molecule has 0 radical (unpaired) electrons. The molecule has 0 saturated carbocycles. The number of aromatic nitrogens is 2. The van der Waals surface area contributed by atoms with Crippen molar-refractivity contribution in [1.82, 2.24) is 10.2 Å². The molecular formula is C17H13N3O4S. The van der Waals surface area contributed by atoms with Crippen LogP contribution >= 0.6 is 11.8 Å². The standard InChI is InChI=1S/C17H13N3O4S/c1-2-22-14(21)10-25-17-11(9-18)15(12-5-3-7-23-12)16(19-20-17)13-6-4-8-24-13/h3-8H,2,10H2,1H3. The van der Waals surface area contributed by atoms with E-state index >= 15 is 0 Å². The Kier molecular flexibility index (Phi) is 5.16. The third-order valence-electron chi connectivity index (χ3n) is 3.21. The normalized spacial score (nSPS) is 10.4. The highest BCUT2D eigenvalue weighted by atomic mass is 32.2. The molecule has 0 fully saturated rings. The maximum absolute atomic E-state index is 11.6. The molecule has 7 nitrogen and oxygen atoms in total. The van der Waals surface area contributed by atoms with Crippen molar-refractivity contribution in [2.24, 2.45) is 0 Å². The Bertz CT molecular complexity index is 899. The van der Waals surface area contributed by atoms with Crippen LogP contribution in [0, 0.1) is 11.3 Å². The summed E-state index contributed by atoms with van der Waals surface area (Å²) in [5.74, 6) is 0.593. The fourth-order valence-electron chi connectivity index (χ4n) is 2.20. The van der Waals surface area contributed by atoms with Crippen molar-refractivity contribution in [3.8, 4) is 28.8 Å². The van der Waals surface area contributed by atoms with E-state index in [4.69, 9.17) is 13.6 Å². The summed E-state index contributed by atoms with van der Waals surface area (Å²) >= 11 is 1.09. The summed E-state index contributed by atoms with van der Waals surface area (Å²) < 4.78 is 15.7. The molecular weight excluding hydrogens is 342 g/mol. The van der Waals surface area contributed by atoms with Crippen LogP contribution in [0.25, 0.3) is 22.8 Å². The van der Waals surface area contributed by atoms with Gasteiger partial charge in [-0.25, -0.2) is 0 Å². The molecule has 0 aliphatic rings. The molecule has 0 spiro atoms. The zero-order chi connectivity index (χ0) is 17.6. The van der Waals surface area contributed by atoms with Crippen LogP contribution in [0.4, 0.5) is 0 Å². The molecule has 0 aliphatic heterocycles. The van der Waals surface area contributed by atoms with E-state index in [-0.39, 0.29) is 17.3 Å². The first kappa shape index (κ1) is 16.8. The number of nitrogens with zero attached hydrogens (tertiary/aromatic N) is 3. The van der Waals surface area contributed by atoms with Crippen molar-refractivity contribution in [1.29, 1.82) is 5.26 Å². The van der Waals surface area contributed by atoms with Crippen LogP contribution in [-0.2, 0) is 9.53 Å². The van der Waals surface area contributed by atoms with Gasteiger partial charge in [0.1, 0.15) is 22.5 Å². The molecule has 3 rings (SSSR count). The average molecular weight is 355 g/mol. The second-order valence-electron chi connectivity index (χ2n) is 4.76. The molecule has 0 aromatic carbocycles. The van der Waals surface area contributed by atoms with E-state index in [1.807, 2.05) is 0 Å². The van der Waals surface area contributed by atoms with Gasteiger partial charge in [0.05, 0.1) is 36.0 Å². The molecule has 0 unspecified atom stereocenters. The molecule has 0 aliphatic carbocycles. The molecule has 3 aromatic rings. The number of hydrogen-bond acceptors (Lipinski definition) is 8. The summed E-state index contributed by atoms with van der Waals surface area (Å²) in [6, 6.07) is 9.02. The minimum atomic E-state index is -0.382. The first-order chi connectivity index (χ1) is 12.2. The van der Waals surface area contributed by atoms with Crippen molar-refractivity contribution in [3.05, 3.63) is 42.4 Å². The molecule has 0 bridgehead atoms. The van der Waals surface area contributed by atoms with E-state index in [2.05, 4.69) is 16.3 Å². The number of carbonyl (C=O) groups excluding carboxylic acids is 1. The monoisotopic (exact) mass is 355 g/mol. The van der Waals surface area contributed by atoms with Crippen molar-refractivity contribution in [2.75, 3.05) is 12.4 Å². The van der Waals surface area contributed by atoms with Gasteiger partial charge in [0.15, 0.2) is 5.76 Å². The van der Waals surface area contributed by atoms with Gasteiger partial charge in [0, 0.05) is 0 Å². The van der Waals surface area contributed by atoms with Crippen molar-refractivity contribution in [3.63, 3.8) is 0 Å². The number of carbonyl (C=O) groups is 1. The van der Waals surface area contributed by atoms with Gasteiger partial charge < -0.3 is 13.6 Å². The first-order valence-corrected chi connectivity index (χ1v) is 8.40. The maximum Gasteiger partial charge on any atom is 0.316 e. The molecule has 3 aromatic heterocycles. The summed E-state index contributed by atoms with van der Waals surface area (Å²) in [5.41, 5.74) is 1.14. The van der Waals surface area contributed by atoms with Crippen molar-refractivity contribution >= 4 is 17.7 Å². The van der Waals surface area contributed by atoms with E-state index in [1.165, 1.54) is 12.5 Å². The topological polar surface area (TPSA) is 102 Å². The Balaban J connectivity index is 2.06. The minimum Gasteiger partial charge on any atom is -0.465 e. The molecule has 0 amide bonds. The van der Waals surface area contributed by atoms with Gasteiger partial charge in [-0.2, -0.15) is 5.26 Å². The molecule has 0 saturated heterocycles. The van der Waals surface area contributed by atoms with Crippen molar-refractivity contribution in [2.45, 2.75) is 11.9 Å². The molecule has 8 heteroatoms. The van der Waals surface area contributed by atoms with E-state index in [0.717, 1.165) is 11.8 Å². The number of furan rings is 2. The van der Waals surface area contributed by atoms with Crippen LogP contribution in [0.3, 0.4) is 0 Å². The fourth-order valence-corrected chi connectivity index (χ4v) is 2.93. The smallest absolute Gasteiger partial charge is 0.316 e.